The smallest absolute Gasteiger partial charge is 0.240 e. The summed E-state index contributed by atoms with van der Waals surface area (Å²) in [6.45, 7) is 2.50. The molecule has 1 aromatic rings. The van der Waals surface area contributed by atoms with E-state index in [1.165, 1.54) is 30.6 Å². The van der Waals surface area contributed by atoms with Crippen LogP contribution in [0.4, 0.5) is 5.13 Å². The second-order valence-corrected chi connectivity index (χ2v) is 5.52. The Bertz CT molecular complexity index is 363. The third-order valence-electron chi connectivity index (χ3n) is 2.54. The molecule has 0 radical (unpaired) electrons. The summed E-state index contributed by atoms with van der Waals surface area (Å²) in [5.74, 6) is -0.00656. The Morgan fingerprint density at radius 1 is 1.50 bits per heavy atom. The Morgan fingerprint density at radius 3 is 2.88 bits per heavy atom. The van der Waals surface area contributed by atoms with Crippen LogP contribution in [0, 0.1) is 0 Å². The van der Waals surface area contributed by atoms with Gasteiger partial charge in [0.05, 0.1) is 12.7 Å². The molecular formula is C10H14ClN3OS. The Labute approximate surface area is 104 Å². The molecule has 16 heavy (non-hydrogen) atoms. The summed E-state index contributed by atoms with van der Waals surface area (Å²) in [4.78, 5) is 17.8. The number of thiazole rings is 1. The van der Waals surface area contributed by atoms with Crippen molar-refractivity contribution in [2.45, 2.75) is 19.3 Å². The molecule has 88 valence electrons. The van der Waals surface area contributed by atoms with Gasteiger partial charge in [-0.05, 0) is 25.9 Å². The van der Waals surface area contributed by atoms with E-state index in [2.05, 4.69) is 15.2 Å². The second-order valence-electron chi connectivity index (χ2n) is 3.85. The van der Waals surface area contributed by atoms with Crippen LogP contribution in [0.5, 0.6) is 0 Å². The van der Waals surface area contributed by atoms with Crippen LogP contribution in [0.2, 0.25) is 4.34 Å². The molecule has 0 atom stereocenters. The molecule has 0 aliphatic carbocycles. The molecule has 2 heterocycles. The highest BCUT2D eigenvalue weighted by molar-refractivity contribution is 7.19. The van der Waals surface area contributed by atoms with Gasteiger partial charge in [0.25, 0.3) is 0 Å². The van der Waals surface area contributed by atoms with Crippen molar-refractivity contribution in [1.29, 1.82) is 0 Å². The van der Waals surface area contributed by atoms with E-state index in [0.717, 1.165) is 13.1 Å². The van der Waals surface area contributed by atoms with Crippen molar-refractivity contribution >= 4 is 34.0 Å². The quantitative estimate of drug-likeness (QED) is 0.905. The maximum absolute atomic E-state index is 11.7. The van der Waals surface area contributed by atoms with Gasteiger partial charge in [-0.25, -0.2) is 4.98 Å². The van der Waals surface area contributed by atoms with Crippen LogP contribution >= 0.6 is 22.9 Å². The van der Waals surface area contributed by atoms with Gasteiger partial charge in [0.15, 0.2) is 5.13 Å². The lowest BCUT2D eigenvalue weighted by atomic mass is 10.1. The standard InChI is InChI=1S/C10H14ClN3OS/c11-8-6-12-10(16-8)13-9(15)7-14-4-2-1-3-5-14/h6H,1-5,7H2,(H,12,13,15). The predicted octanol–water partition coefficient (Wildman–Crippen LogP) is 2.22. The number of piperidine rings is 1. The number of hydrogen-bond donors (Lipinski definition) is 1. The Kier molecular flexibility index (Phi) is 4.15. The third kappa shape index (κ3) is 3.43. The number of rotatable bonds is 3. The lowest BCUT2D eigenvalue weighted by Gasteiger charge is -2.25. The molecular weight excluding hydrogens is 246 g/mol. The topological polar surface area (TPSA) is 45.2 Å². The summed E-state index contributed by atoms with van der Waals surface area (Å²) in [6.07, 6.45) is 5.20. The molecule has 4 nitrogen and oxygen atoms in total. The maximum Gasteiger partial charge on any atom is 0.240 e. The van der Waals surface area contributed by atoms with E-state index in [-0.39, 0.29) is 5.91 Å². The van der Waals surface area contributed by atoms with E-state index in [1.807, 2.05) is 0 Å². The summed E-state index contributed by atoms with van der Waals surface area (Å²) >= 11 is 7.01. The zero-order valence-corrected chi connectivity index (χ0v) is 10.5. The average molecular weight is 260 g/mol. The van der Waals surface area contributed by atoms with Crippen molar-refractivity contribution in [3.05, 3.63) is 10.5 Å². The molecule has 0 saturated carbocycles. The molecule has 6 heteroatoms. The first-order chi connectivity index (χ1) is 7.74. The van der Waals surface area contributed by atoms with Gasteiger partial charge in [-0.2, -0.15) is 0 Å². The van der Waals surface area contributed by atoms with E-state index in [9.17, 15) is 4.79 Å². The van der Waals surface area contributed by atoms with Gasteiger partial charge in [0.1, 0.15) is 4.34 Å². The van der Waals surface area contributed by atoms with Gasteiger partial charge >= 0.3 is 0 Å². The fraction of sp³-hybridized carbons (Fsp3) is 0.600. The SMILES string of the molecule is O=C(CN1CCCCC1)Nc1ncc(Cl)s1. The monoisotopic (exact) mass is 259 g/mol. The lowest BCUT2D eigenvalue weighted by Crippen LogP contribution is -2.36. The highest BCUT2D eigenvalue weighted by Crippen LogP contribution is 2.22. The summed E-state index contributed by atoms with van der Waals surface area (Å²) in [6, 6.07) is 0. The van der Waals surface area contributed by atoms with Crippen LogP contribution < -0.4 is 5.32 Å². The predicted molar refractivity (Wildman–Crippen MR) is 66.0 cm³/mol. The van der Waals surface area contributed by atoms with Gasteiger partial charge in [-0.3, -0.25) is 9.69 Å². The number of nitrogens with one attached hydrogen (secondary N) is 1. The fourth-order valence-electron chi connectivity index (χ4n) is 1.79. The maximum atomic E-state index is 11.7. The molecule has 1 aromatic heterocycles. The van der Waals surface area contributed by atoms with Crippen molar-refractivity contribution in [3.8, 4) is 0 Å². The third-order valence-corrected chi connectivity index (χ3v) is 3.57. The largest absolute Gasteiger partial charge is 0.301 e. The highest BCUT2D eigenvalue weighted by atomic mass is 35.5. The number of carbonyl (C=O) groups is 1. The van der Waals surface area contributed by atoms with Crippen LogP contribution in [-0.4, -0.2) is 35.4 Å². The van der Waals surface area contributed by atoms with Gasteiger partial charge < -0.3 is 5.32 Å². The number of halogens is 1. The Hall–Kier alpha value is -0.650. The minimum absolute atomic E-state index is 0.00656. The minimum atomic E-state index is -0.00656. The molecule has 0 bridgehead atoms. The summed E-state index contributed by atoms with van der Waals surface area (Å²) in [5.41, 5.74) is 0. The number of carbonyl (C=O) groups excluding carboxylic acids is 1. The number of likely N-dealkylation sites (tertiary alicyclic amines) is 1. The molecule has 1 N–H and O–H groups in total. The van der Waals surface area contributed by atoms with Crippen LogP contribution in [0.3, 0.4) is 0 Å². The van der Waals surface area contributed by atoms with Gasteiger partial charge in [-0.15, -0.1) is 0 Å². The molecule has 2 rings (SSSR count). The van der Waals surface area contributed by atoms with Crippen molar-refractivity contribution in [2.24, 2.45) is 0 Å². The van der Waals surface area contributed by atoms with E-state index in [1.54, 1.807) is 6.20 Å². The first-order valence-electron chi connectivity index (χ1n) is 5.37. The molecule has 0 unspecified atom stereocenters. The van der Waals surface area contributed by atoms with E-state index in [0.29, 0.717) is 16.0 Å². The van der Waals surface area contributed by atoms with Crippen molar-refractivity contribution in [1.82, 2.24) is 9.88 Å². The summed E-state index contributed by atoms with van der Waals surface area (Å²) in [7, 11) is 0. The molecule has 0 spiro atoms. The first-order valence-corrected chi connectivity index (χ1v) is 6.57. The lowest BCUT2D eigenvalue weighted by molar-refractivity contribution is -0.117. The summed E-state index contributed by atoms with van der Waals surface area (Å²) < 4.78 is 0.591. The molecule has 0 aromatic carbocycles. The fourth-order valence-corrected chi connectivity index (χ4v) is 2.62. The molecule has 1 amide bonds. The van der Waals surface area contributed by atoms with Gasteiger partial charge in [0, 0.05) is 0 Å². The zero-order valence-electron chi connectivity index (χ0n) is 8.91. The van der Waals surface area contributed by atoms with Gasteiger partial charge in [0.2, 0.25) is 5.91 Å². The van der Waals surface area contributed by atoms with Crippen molar-refractivity contribution in [2.75, 3.05) is 25.0 Å². The zero-order chi connectivity index (χ0) is 11.4. The van der Waals surface area contributed by atoms with E-state index >= 15 is 0 Å². The van der Waals surface area contributed by atoms with Crippen molar-refractivity contribution < 1.29 is 4.79 Å². The summed E-state index contributed by atoms with van der Waals surface area (Å²) in [5, 5.41) is 3.33. The molecule has 1 aliphatic rings. The Morgan fingerprint density at radius 2 is 2.25 bits per heavy atom. The highest BCUT2D eigenvalue weighted by Gasteiger charge is 2.14. The van der Waals surface area contributed by atoms with E-state index in [4.69, 9.17) is 11.6 Å². The second kappa shape index (κ2) is 5.61. The number of hydrogen-bond acceptors (Lipinski definition) is 4. The van der Waals surface area contributed by atoms with E-state index < -0.39 is 0 Å². The molecule has 1 saturated heterocycles. The average Bonchev–Trinajstić information content (AvgIpc) is 2.65. The molecule has 1 aliphatic heterocycles. The van der Waals surface area contributed by atoms with Crippen LogP contribution in [0.1, 0.15) is 19.3 Å². The van der Waals surface area contributed by atoms with Crippen molar-refractivity contribution in [3.63, 3.8) is 0 Å². The molecule has 1 fully saturated rings. The van der Waals surface area contributed by atoms with Crippen LogP contribution in [-0.2, 0) is 4.79 Å². The Balaban J connectivity index is 1.79. The number of anilines is 1. The normalized spacial score (nSPS) is 17.3. The first kappa shape index (κ1) is 11.8. The number of amides is 1. The van der Waals surface area contributed by atoms with Gasteiger partial charge in [-0.1, -0.05) is 29.4 Å². The van der Waals surface area contributed by atoms with Crippen LogP contribution in [0.25, 0.3) is 0 Å². The number of nitrogens with zero attached hydrogens (tertiary/aromatic N) is 2. The van der Waals surface area contributed by atoms with Crippen LogP contribution in [0.15, 0.2) is 6.20 Å². The minimum Gasteiger partial charge on any atom is -0.301 e. The number of aromatic nitrogens is 1.